The Balaban J connectivity index is 3.20. The molecule has 0 radical (unpaired) electrons. The van der Waals surface area contributed by atoms with Gasteiger partial charge in [0, 0.05) is 18.5 Å². The first-order valence-electron chi connectivity index (χ1n) is 6.66. The quantitative estimate of drug-likeness (QED) is 0.897. The van der Waals surface area contributed by atoms with Gasteiger partial charge in [-0.3, -0.25) is 0 Å². The van der Waals surface area contributed by atoms with Gasteiger partial charge in [-0.05, 0) is 12.8 Å². The molecular formula is C14H24N2O2S. The van der Waals surface area contributed by atoms with Crippen LogP contribution in [0.5, 0.6) is 0 Å². The van der Waals surface area contributed by atoms with Gasteiger partial charge in [0.1, 0.15) is 4.88 Å². The number of carboxylic acids is 1. The smallest absolute Gasteiger partial charge is 0.347 e. The van der Waals surface area contributed by atoms with Crippen molar-refractivity contribution >= 4 is 22.4 Å². The zero-order chi connectivity index (χ0) is 14.8. The van der Waals surface area contributed by atoms with Crippen molar-refractivity contribution in [2.45, 2.75) is 47.0 Å². The van der Waals surface area contributed by atoms with Gasteiger partial charge in [-0.2, -0.15) is 0 Å². The predicted octanol–water partition coefficient (Wildman–Crippen LogP) is 3.62. The van der Waals surface area contributed by atoms with Gasteiger partial charge in [-0.15, -0.1) is 0 Å². The number of anilines is 1. The molecule has 0 aliphatic heterocycles. The highest BCUT2D eigenvalue weighted by molar-refractivity contribution is 7.17. The fourth-order valence-electron chi connectivity index (χ4n) is 1.88. The zero-order valence-electron chi connectivity index (χ0n) is 12.6. The molecule has 0 fully saturated rings. The summed E-state index contributed by atoms with van der Waals surface area (Å²) in [4.78, 5) is 18.5. The maximum absolute atomic E-state index is 11.4. The number of hydrogen-bond acceptors (Lipinski definition) is 4. The average Bonchev–Trinajstić information content (AvgIpc) is 2.69. The lowest BCUT2D eigenvalue weighted by Crippen LogP contribution is -2.27. The number of aromatic carboxylic acids is 1. The van der Waals surface area contributed by atoms with Gasteiger partial charge in [0.05, 0.1) is 5.69 Å². The van der Waals surface area contributed by atoms with Crippen LogP contribution in [0.25, 0.3) is 0 Å². The second-order valence-corrected chi connectivity index (χ2v) is 7.14. The lowest BCUT2D eigenvalue weighted by Gasteiger charge is -2.22. The number of carboxylic acid groups (broad SMARTS) is 1. The number of nitrogens with zero attached hydrogens (tertiary/aromatic N) is 2. The van der Waals surface area contributed by atoms with Crippen molar-refractivity contribution in [3.63, 3.8) is 0 Å². The molecule has 0 saturated carbocycles. The van der Waals surface area contributed by atoms with Crippen LogP contribution in [0.15, 0.2) is 0 Å². The van der Waals surface area contributed by atoms with E-state index in [9.17, 15) is 9.90 Å². The highest BCUT2D eigenvalue weighted by Crippen LogP contribution is 2.34. The van der Waals surface area contributed by atoms with E-state index in [1.54, 1.807) is 0 Å². The van der Waals surface area contributed by atoms with Crippen molar-refractivity contribution in [3.05, 3.63) is 10.6 Å². The molecule has 19 heavy (non-hydrogen) atoms. The van der Waals surface area contributed by atoms with Crippen LogP contribution in [0.1, 0.15) is 56.9 Å². The monoisotopic (exact) mass is 284 g/mol. The van der Waals surface area contributed by atoms with E-state index in [0.29, 0.717) is 16.5 Å². The number of carbonyl (C=O) groups is 1. The molecule has 1 heterocycles. The first kappa shape index (κ1) is 16.0. The first-order chi connectivity index (χ1) is 8.66. The molecule has 1 aromatic heterocycles. The number of rotatable bonds is 5. The van der Waals surface area contributed by atoms with Gasteiger partial charge in [0.2, 0.25) is 0 Å². The molecular weight excluding hydrogens is 260 g/mol. The van der Waals surface area contributed by atoms with E-state index >= 15 is 0 Å². The highest BCUT2D eigenvalue weighted by atomic mass is 32.1. The van der Waals surface area contributed by atoms with Crippen LogP contribution >= 0.6 is 11.3 Å². The second-order valence-electron chi connectivity index (χ2n) is 6.16. The largest absolute Gasteiger partial charge is 0.477 e. The Morgan fingerprint density at radius 1 is 1.42 bits per heavy atom. The molecule has 0 spiro atoms. The topological polar surface area (TPSA) is 53.4 Å². The number of aromatic nitrogens is 1. The Morgan fingerprint density at radius 2 is 2.00 bits per heavy atom. The predicted molar refractivity (Wildman–Crippen MR) is 80.5 cm³/mol. The van der Waals surface area contributed by atoms with Crippen molar-refractivity contribution in [2.75, 3.05) is 18.0 Å². The Morgan fingerprint density at radius 3 is 2.32 bits per heavy atom. The maximum Gasteiger partial charge on any atom is 0.347 e. The Labute approximate surface area is 119 Å². The Hall–Kier alpha value is -1.10. The third-order valence-electron chi connectivity index (χ3n) is 2.76. The molecule has 5 heteroatoms. The third-order valence-corrected chi connectivity index (χ3v) is 3.86. The van der Waals surface area contributed by atoms with Crippen LogP contribution in [0.2, 0.25) is 0 Å². The number of thiazole rings is 1. The third kappa shape index (κ3) is 3.93. The summed E-state index contributed by atoms with van der Waals surface area (Å²) in [6.45, 7) is 14.1. The fraction of sp³-hybridized carbons (Fsp3) is 0.714. The molecule has 0 saturated heterocycles. The summed E-state index contributed by atoms with van der Waals surface area (Å²) < 4.78 is 0. The van der Waals surface area contributed by atoms with E-state index in [4.69, 9.17) is 0 Å². The van der Waals surface area contributed by atoms with Crippen LogP contribution < -0.4 is 4.90 Å². The SMILES string of the molecule is CCN(CC(C)C)c1nc(C(C)(C)C)c(C(=O)O)s1. The van der Waals surface area contributed by atoms with Gasteiger partial charge < -0.3 is 10.0 Å². The molecule has 0 bridgehead atoms. The second kappa shape index (κ2) is 5.90. The van der Waals surface area contributed by atoms with Crippen molar-refractivity contribution in [1.82, 2.24) is 4.98 Å². The van der Waals surface area contributed by atoms with Crippen LogP contribution in [0.3, 0.4) is 0 Å². The van der Waals surface area contributed by atoms with Crippen molar-refractivity contribution in [3.8, 4) is 0 Å². The number of hydrogen-bond donors (Lipinski definition) is 1. The van der Waals surface area contributed by atoms with E-state index in [-0.39, 0.29) is 5.41 Å². The van der Waals surface area contributed by atoms with Crippen LogP contribution in [-0.4, -0.2) is 29.1 Å². The molecule has 1 aromatic rings. The molecule has 0 aliphatic rings. The summed E-state index contributed by atoms with van der Waals surface area (Å²) in [5, 5.41) is 10.1. The molecule has 0 unspecified atom stereocenters. The van der Waals surface area contributed by atoms with Crippen molar-refractivity contribution in [1.29, 1.82) is 0 Å². The van der Waals surface area contributed by atoms with E-state index in [1.165, 1.54) is 11.3 Å². The molecule has 1 rings (SSSR count). The summed E-state index contributed by atoms with van der Waals surface area (Å²) in [6.07, 6.45) is 0. The summed E-state index contributed by atoms with van der Waals surface area (Å²) in [5.74, 6) is -0.357. The molecule has 0 aromatic carbocycles. The van der Waals surface area contributed by atoms with Crippen molar-refractivity contribution < 1.29 is 9.90 Å². The summed E-state index contributed by atoms with van der Waals surface area (Å²) in [7, 11) is 0. The standard InChI is InChI=1S/C14H24N2O2S/c1-7-16(8-9(2)3)13-15-11(14(4,5)6)10(19-13)12(17)18/h9H,7-8H2,1-6H3,(H,17,18). The summed E-state index contributed by atoms with van der Waals surface area (Å²) in [6, 6.07) is 0. The van der Waals surface area contributed by atoms with Crippen LogP contribution in [-0.2, 0) is 5.41 Å². The van der Waals surface area contributed by atoms with E-state index in [2.05, 4.69) is 30.7 Å². The molecule has 0 aliphatic carbocycles. The highest BCUT2D eigenvalue weighted by Gasteiger charge is 2.28. The van der Waals surface area contributed by atoms with Gasteiger partial charge in [0.15, 0.2) is 5.13 Å². The van der Waals surface area contributed by atoms with Crippen LogP contribution in [0.4, 0.5) is 5.13 Å². The minimum Gasteiger partial charge on any atom is -0.477 e. The minimum absolute atomic E-state index is 0.250. The minimum atomic E-state index is -0.880. The van der Waals surface area contributed by atoms with Gasteiger partial charge >= 0.3 is 5.97 Å². The van der Waals surface area contributed by atoms with E-state index in [1.807, 2.05) is 20.8 Å². The van der Waals surface area contributed by atoms with E-state index < -0.39 is 5.97 Å². The van der Waals surface area contributed by atoms with E-state index in [0.717, 1.165) is 18.2 Å². The van der Waals surface area contributed by atoms with Crippen LogP contribution in [0, 0.1) is 5.92 Å². The summed E-state index contributed by atoms with van der Waals surface area (Å²) >= 11 is 1.28. The molecule has 1 N–H and O–H groups in total. The maximum atomic E-state index is 11.4. The van der Waals surface area contributed by atoms with Gasteiger partial charge in [-0.1, -0.05) is 46.0 Å². The lowest BCUT2D eigenvalue weighted by atomic mass is 9.91. The zero-order valence-corrected chi connectivity index (χ0v) is 13.5. The Kier molecular flexibility index (Phi) is 4.96. The first-order valence-corrected chi connectivity index (χ1v) is 7.48. The normalized spacial score (nSPS) is 11.9. The molecule has 4 nitrogen and oxygen atoms in total. The van der Waals surface area contributed by atoms with Gasteiger partial charge in [0.25, 0.3) is 0 Å². The average molecular weight is 284 g/mol. The fourth-order valence-corrected chi connectivity index (χ4v) is 3.07. The molecule has 0 atom stereocenters. The molecule has 0 amide bonds. The lowest BCUT2D eigenvalue weighted by molar-refractivity contribution is 0.0699. The van der Waals surface area contributed by atoms with Crippen molar-refractivity contribution in [2.24, 2.45) is 5.92 Å². The van der Waals surface area contributed by atoms with Gasteiger partial charge in [-0.25, -0.2) is 9.78 Å². The molecule has 108 valence electrons. The summed E-state index contributed by atoms with van der Waals surface area (Å²) in [5.41, 5.74) is 0.432. The Bertz CT molecular complexity index is 447.